The molecular formula is C19H21F3N6. The van der Waals surface area contributed by atoms with Gasteiger partial charge in [0, 0.05) is 32.8 Å². The van der Waals surface area contributed by atoms with Gasteiger partial charge in [-0.2, -0.15) is 13.2 Å². The van der Waals surface area contributed by atoms with Crippen molar-refractivity contribution in [3.63, 3.8) is 0 Å². The molecule has 9 heteroatoms. The molecule has 3 rings (SSSR count). The predicted octanol–water partition coefficient (Wildman–Crippen LogP) is 2.70. The van der Waals surface area contributed by atoms with E-state index in [0.29, 0.717) is 31.9 Å². The van der Waals surface area contributed by atoms with Crippen molar-refractivity contribution in [3.05, 3.63) is 65.6 Å². The molecule has 0 atom stereocenters. The first kappa shape index (κ1) is 19.7. The van der Waals surface area contributed by atoms with E-state index in [2.05, 4.69) is 25.8 Å². The van der Waals surface area contributed by atoms with Crippen molar-refractivity contribution in [2.24, 2.45) is 4.99 Å². The first-order chi connectivity index (χ1) is 13.5. The van der Waals surface area contributed by atoms with Crippen LogP contribution >= 0.6 is 0 Å². The number of aliphatic imine (C=N–C) groups is 1. The van der Waals surface area contributed by atoms with E-state index >= 15 is 0 Å². The minimum Gasteiger partial charge on any atom is -0.356 e. The molecular weight excluding hydrogens is 369 g/mol. The van der Waals surface area contributed by atoms with E-state index in [4.69, 9.17) is 0 Å². The summed E-state index contributed by atoms with van der Waals surface area (Å²) < 4.78 is 39.7. The van der Waals surface area contributed by atoms with E-state index < -0.39 is 11.7 Å². The zero-order valence-electron chi connectivity index (χ0n) is 15.4. The summed E-state index contributed by atoms with van der Waals surface area (Å²) in [6.45, 7) is 1.18. The molecule has 28 heavy (non-hydrogen) atoms. The van der Waals surface area contributed by atoms with Gasteiger partial charge >= 0.3 is 6.18 Å². The Kier molecular flexibility index (Phi) is 6.13. The molecule has 0 aliphatic rings. The Bertz CT molecular complexity index is 931. The Labute approximate surface area is 160 Å². The van der Waals surface area contributed by atoms with Crippen molar-refractivity contribution >= 4 is 11.6 Å². The van der Waals surface area contributed by atoms with Crippen LogP contribution in [0.15, 0.2) is 53.7 Å². The van der Waals surface area contributed by atoms with Crippen molar-refractivity contribution in [2.75, 3.05) is 20.1 Å². The monoisotopic (exact) mass is 390 g/mol. The van der Waals surface area contributed by atoms with Crippen molar-refractivity contribution in [1.82, 2.24) is 25.2 Å². The maximum Gasteiger partial charge on any atom is 0.416 e. The van der Waals surface area contributed by atoms with E-state index in [1.165, 1.54) is 12.1 Å². The van der Waals surface area contributed by atoms with Gasteiger partial charge in [0.1, 0.15) is 5.82 Å². The van der Waals surface area contributed by atoms with Gasteiger partial charge in [0.25, 0.3) is 0 Å². The molecule has 0 fully saturated rings. The first-order valence-corrected chi connectivity index (χ1v) is 8.86. The molecule has 0 spiro atoms. The highest BCUT2D eigenvalue weighted by atomic mass is 19.4. The van der Waals surface area contributed by atoms with Gasteiger partial charge in [0.2, 0.25) is 0 Å². The number of hydrogen-bond acceptors (Lipinski definition) is 3. The molecule has 0 saturated carbocycles. The molecule has 0 unspecified atom stereocenters. The van der Waals surface area contributed by atoms with Gasteiger partial charge in [-0.15, -0.1) is 10.2 Å². The summed E-state index contributed by atoms with van der Waals surface area (Å²) in [6.07, 6.45) is -1.13. The number of guanidine groups is 1. The molecule has 0 aliphatic heterocycles. The molecule has 0 aliphatic carbocycles. The fourth-order valence-corrected chi connectivity index (χ4v) is 2.76. The molecule has 1 aromatic carbocycles. The lowest BCUT2D eigenvalue weighted by atomic mass is 10.1. The predicted molar refractivity (Wildman–Crippen MR) is 101 cm³/mol. The number of fused-ring (bicyclic) bond motifs is 1. The van der Waals surface area contributed by atoms with Crippen LogP contribution in [0, 0.1) is 0 Å². The largest absolute Gasteiger partial charge is 0.416 e. The van der Waals surface area contributed by atoms with E-state index in [1.807, 2.05) is 28.8 Å². The van der Waals surface area contributed by atoms with Gasteiger partial charge < -0.3 is 10.6 Å². The number of nitrogens with one attached hydrogen (secondary N) is 2. The number of hydrogen-bond donors (Lipinski definition) is 2. The van der Waals surface area contributed by atoms with Crippen LogP contribution in [0.2, 0.25) is 0 Å². The summed E-state index contributed by atoms with van der Waals surface area (Å²) >= 11 is 0. The third-order valence-electron chi connectivity index (χ3n) is 4.24. The summed E-state index contributed by atoms with van der Waals surface area (Å²) in [5.41, 5.74) is 0.991. The molecule has 3 aromatic rings. The van der Waals surface area contributed by atoms with Gasteiger partial charge in [-0.25, -0.2) is 0 Å². The van der Waals surface area contributed by atoms with E-state index in [0.717, 1.165) is 29.2 Å². The zero-order valence-corrected chi connectivity index (χ0v) is 15.4. The average Bonchev–Trinajstić information content (AvgIpc) is 3.10. The van der Waals surface area contributed by atoms with Gasteiger partial charge in [-0.05, 0) is 36.2 Å². The van der Waals surface area contributed by atoms with Crippen LogP contribution in [-0.4, -0.2) is 40.7 Å². The van der Waals surface area contributed by atoms with Gasteiger partial charge in [0.15, 0.2) is 11.6 Å². The van der Waals surface area contributed by atoms with Gasteiger partial charge in [-0.1, -0.05) is 18.2 Å². The molecule has 2 N–H and O–H groups in total. The molecule has 0 amide bonds. The summed E-state index contributed by atoms with van der Waals surface area (Å²) in [5, 5.41) is 14.6. The highest BCUT2D eigenvalue weighted by Crippen LogP contribution is 2.29. The second kappa shape index (κ2) is 8.73. The molecule has 0 radical (unpaired) electrons. The third-order valence-corrected chi connectivity index (χ3v) is 4.24. The maximum atomic E-state index is 12.6. The lowest BCUT2D eigenvalue weighted by Crippen LogP contribution is -2.39. The quantitative estimate of drug-likeness (QED) is 0.502. The molecule has 148 valence electrons. The average molecular weight is 390 g/mol. The standard InChI is InChI=1S/C19H21F3N6/c1-23-18(24-11-9-14-5-7-15(8-6-14)19(20,21)22)25-12-10-17-27-26-16-4-2-3-13-28(16)17/h2-8,13H,9-12H2,1H3,(H2,23,24,25). The highest BCUT2D eigenvalue weighted by molar-refractivity contribution is 5.79. The number of rotatable bonds is 6. The van der Waals surface area contributed by atoms with Gasteiger partial charge in [0.05, 0.1) is 5.56 Å². The number of pyridine rings is 1. The van der Waals surface area contributed by atoms with Gasteiger partial charge in [-0.3, -0.25) is 9.39 Å². The number of nitrogens with zero attached hydrogens (tertiary/aromatic N) is 4. The second-order valence-corrected chi connectivity index (χ2v) is 6.17. The number of alkyl halides is 3. The SMILES string of the molecule is CN=C(NCCc1ccc(C(F)(F)F)cc1)NCCc1nnc2ccccn12. The first-order valence-electron chi connectivity index (χ1n) is 8.86. The van der Waals surface area contributed by atoms with Crippen LogP contribution in [0.4, 0.5) is 13.2 Å². The molecule has 6 nitrogen and oxygen atoms in total. The highest BCUT2D eigenvalue weighted by Gasteiger charge is 2.29. The number of benzene rings is 1. The fraction of sp³-hybridized carbons (Fsp3) is 0.316. The smallest absolute Gasteiger partial charge is 0.356 e. The fourth-order valence-electron chi connectivity index (χ4n) is 2.76. The third kappa shape index (κ3) is 4.99. The Hall–Kier alpha value is -3.10. The summed E-state index contributed by atoms with van der Waals surface area (Å²) in [5.74, 6) is 1.48. The van der Waals surface area contributed by atoms with E-state index in [9.17, 15) is 13.2 Å². The molecule has 0 saturated heterocycles. The number of aromatic nitrogens is 3. The van der Waals surface area contributed by atoms with Crippen LogP contribution in [0.25, 0.3) is 5.65 Å². The van der Waals surface area contributed by atoms with Crippen LogP contribution in [0.3, 0.4) is 0 Å². The Morgan fingerprint density at radius 3 is 2.39 bits per heavy atom. The van der Waals surface area contributed by atoms with Crippen molar-refractivity contribution in [1.29, 1.82) is 0 Å². The number of halogens is 3. The minimum atomic E-state index is -4.31. The maximum absolute atomic E-state index is 12.6. The van der Waals surface area contributed by atoms with Crippen molar-refractivity contribution in [2.45, 2.75) is 19.0 Å². The van der Waals surface area contributed by atoms with Crippen LogP contribution < -0.4 is 10.6 Å². The summed E-state index contributed by atoms with van der Waals surface area (Å²) in [7, 11) is 1.67. The summed E-state index contributed by atoms with van der Waals surface area (Å²) in [4.78, 5) is 4.15. The van der Waals surface area contributed by atoms with E-state index in [-0.39, 0.29) is 0 Å². The normalized spacial score (nSPS) is 12.4. The molecule has 2 heterocycles. The Morgan fingerprint density at radius 1 is 1.00 bits per heavy atom. The molecule has 2 aromatic heterocycles. The zero-order chi connectivity index (χ0) is 20.0. The van der Waals surface area contributed by atoms with Crippen LogP contribution in [0.1, 0.15) is 17.0 Å². The van der Waals surface area contributed by atoms with Crippen molar-refractivity contribution < 1.29 is 13.2 Å². The lowest BCUT2D eigenvalue weighted by Gasteiger charge is -2.12. The van der Waals surface area contributed by atoms with E-state index in [1.54, 1.807) is 7.05 Å². The lowest BCUT2D eigenvalue weighted by molar-refractivity contribution is -0.137. The molecule has 0 bridgehead atoms. The Balaban J connectivity index is 1.43. The minimum absolute atomic E-state index is 0.554. The second-order valence-electron chi connectivity index (χ2n) is 6.17. The Morgan fingerprint density at radius 2 is 1.71 bits per heavy atom. The summed E-state index contributed by atoms with van der Waals surface area (Å²) in [6, 6.07) is 10.9. The van der Waals surface area contributed by atoms with Crippen LogP contribution in [0.5, 0.6) is 0 Å². The van der Waals surface area contributed by atoms with Crippen molar-refractivity contribution in [3.8, 4) is 0 Å². The van der Waals surface area contributed by atoms with Crippen LogP contribution in [-0.2, 0) is 19.0 Å². The topological polar surface area (TPSA) is 66.6 Å².